The summed E-state index contributed by atoms with van der Waals surface area (Å²) in [6.07, 6.45) is 9.98. The fourth-order valence-corrected chi connectivity index (χ4v) is 8.33. The molecule has 0 bridgehead atoms. The van der Waals surface area contributed by atoms with Crippen molar-refractivity contribution >= 4 is 45.2 Å². The van der Waals surface area contributed by atoms with Crippen LogP contribution in [0.2, 0.25) is 6.32 Å². The van der Waals surface area contributed by atoms with Crippen molar-refractivity contribution in [3.8, 4) is 0 Å². The van der Waals surface area contributed by atoms with Crippen LogP contribution in [0.5, 0.6) is 0 Å². The number of allylic oxidation sites excluding steroid dienone is 9. The van der Waals surface area contributed by atoms with Gasteiger partial charge in [0.2, 0.25) is 6.71 Å². The van der Waals surface area contributed by atoms with Gasteiger partial charge in [-0.15, -0.1) is 0 Å². The molecule has 44 heavy (non-hydrogen) atoms. The van der Waals surface area contributed by atoms with Gasteiger partial charge in [0.05, 0.1) is 0 Å². The highest BCUT2D eigenvalue weighted by Gasteiger charge is 2.31. The summed E-state index contributed by atoms with van der Waals surface area (Å²) in [6, 6.07) is 14.3. The topological polar surface area (TPSA) is 0 Å². The lowest BCUT2D eigenvalue weighted by molar-refractivity contribution is 0.825. The van der Waals surface area contributed by atoms with E-state index in [1.165, 1.54) is 81.6 Å². The number of hydrogen-bond donors (Lipinski definition) is 0. The van der Waals surface area contributed by atoms with Gasteiger partial charge in [-0.05, 0) is 91.0 Å². The Bertz CT molecular complexity index is 1530. The summed E-state index contributed by atoms with van der Waals surface area (Å²) >= 11 is 2.01. The summed E-state index contributed by atoms with van der Waals surface area (Å²) in [4.78, 5) is 0. The zero-order chi connectivity index (χ0) is 32.9. The van der Waals surface area contributed by atoms with E-state index in [0.29, 0.717) is 12.6 Å². The molecule has 3 aromatic rings. The first-order valence-electron chi connectivity index (χ1n) is 16.2. The standard InChI is InChI=1S/C41H54B2S/c1-15-27(4)20-32(9)37(14)42(25-31(8)19-28(5)18-26(2)3)38-16-17-39(44-38)43(40-33(10)21-29(6)22-34(40)11)41-35(12)23-30(7)24-36(41)13/h15-24,26H,1,25H2,2-14H3/b27-20-,28-18-,31-19-,37-32+. The van der Waals surface area contributed by atoms with Crippen molar-refractivity contribution in [2.75, 3.05) is 0 Å². The molecule has 2 aromatic carbocycles. The lowest BCUT2D eigenvalue weighted by Crippen LogP contribution is -2.55. The molecule has 0 atom stereocenters. The second-order valence-electron chi connectivity index (χ2n) is 13.7. The number of aryl methyl sites for hydroxylation is 6. The minimum atomic E-state index is 0.205. The van der Waals surface area contributed by atoms with E-state index in [1.54, 1.807) is 0 Å². The van der Waals surface area contributed by atoms with Gasteiger partial charge in [-0.3, -0.25) is 0 Å². The monoisotopic (exact) mass is 600 g/mol. The quantitative estimate of drug-likeness (QED) is 0.152. The maximum atomic E-state index is 4.00. The zero-order valence-electron chi connectivity index (χ0n) is 29.8. The normalized spacial score (nSPS) is 13.4. The Kier molecular flexibility index (Phi) is 12.3. The van der Waals surface area contributed by atoms with Gasteiger partial charge < -0.3 is 0 Å². The molecule has 0 amide bonds. The predicted molar refractivity (Wildman–Crippen MR) is 205 cm³/mol. The van der Waals surface area contributed by atoms with Crippen molar-refractivity contribution in [3.63, 3.8) is 0 Å². The van der Waals surface area contributed by atoms with Crippen LogP contribution in [0.1, 0.15) is 81.8 Å². The molecular formula is C41H54B2S. The van der Waals surface area contributed by atoms with E-state index >= 15 is 0 Å². The van der Waals surface area contributed by atoms with Crippen molar-refractivity contribution in [2.45, 2.75) is 96.3 Å². The molecule has 0 aliphatic carbocycles. The van der Waals surface area contributed by atoms with Crippen LogP contribution in [0.4, 0.5) is 0 Å². The Morgan fingerprint density at radius 3 is 1.66 bits per heavy atom. The van der Waals surface area contributed by atoms with Crippen molar-refractivity contribution in [2.24, 2.45) is 5.92 Å². The van der Waals surface area contributed by atoms with Crippen molar-refractivity contribution in [3.05, 3.63) is 128 Å². The van der Waals surface area contributed by atoms with E-state index < -0.39 is 0 Å². The lowest BCUT2D eigenvalue weighted by Gasteiger charge is -2.23. The SMILES string of the molecule is C=C/C(C)=C\C(C)=C(/C)B(C/C(C)=C\C(C)=C/C(C)C)c1ccc(B(c2c(C)cc(C)cc2C)c2c(C)cc(C)cc2C)s1. The fraction of sp³-hybridized carbons (Fsp3) is 0.366. The van der Waals surface area contributed by atoms with Gasteiger partial charge in [-0.25, -0.2) is 0 Å². The third-order valence-corrected chi connectivity index (χ3v) is 10.1. The maximum Gasteiger partial charge on any atom is 0.254 e. The molecule has 0 N–H and O–H groups in total. The molecule has 0 saturated carbocycles. The van der Waals surface area contributed by atoms with E-state index in [-0.39, 0.29) is 6.71 Å². The van der Waals surface area contributed by atoms with Gasteiger partial charge in [-0.1, -0.05) is 160 Å². The molecule has 0 nitrogen and oxygen atoms in total. The molecule has 0 fully saturated rings. The van der Waals surface area contributed by atoms with Gasteiger partial charge in [0.1, 0.15) is 0 Å². The molecule has 1 heterocycles. The first-order valence-corrected chi connectivity index (χ1v) is 17.0. The molecule has 0 aliphatic rings. The molecule has 0 saturated heterocycles. The number of benzene rings is 2. The van der Waals surface area contributed by atoms with E-state index in [1.807, 2.05) is 17.4 Å². The van der Waals surface area contributed by atoms with Crippen molar-refractivity contribution < 1.29 is 0 Å². The molecule has 1 aromatic heterocycles. The number of hydrogen-bond acceptors (Lipinski definition) is 1. The molecule has 230 valence electrons. The summed E-state index contributed by atoms with van der Waals surface area (Å²) in [5, 5.41) is 0. The Morgan fingerprint density at radius 2 is 1.20 bits per heavy atom. The van der Waals surface area contributed by atoms with E-state index in [4.69, 9.17) is 0 Å². The first kappa shape index (κ1) is 35.4. The van der Waals surface area contributed by atoms with E-state index in [0.717, 1.165) is 6.32 Å². The second-order valence-corrected chi connectivity index (χ2v) is 14.8. The fourth-order valence-electron chi connectivity index (χ4n) is 7.03. The first-order chi connectivity index (χ1) is 20.6. The summed E-state index contributed by atoms with van der Waals surface area (Å²) < 4.78 is 2.87. The summed E-state index contributed by atoms with van der Waals surface area (Å²) in [5.41, 5.74) is 17.8. The van der Waals surface area contributed by atoms with Crippen molar-refractivity contribution in [1.82, 2.24) is 0 Å². The summed E-state index contributed by atoms with van der Waals surface area (Å²) in [5.74, 6) is 0.546. The van der Waals surface area contributed by atoms with E-state index in [9.17, 15) is 0 Å². The third-order valence-electron chi connectivity index (χ3n) is 8.84. The molecule has 3 rings (SSSR count). The number of thiophene rings is 1. The van der Waals surface area contributed by atoms with Crippen LogP contribution in [-0.2, 0) is 0 Å². The molecular weight excluding hydrogens is 546 g/mol. The minimum Gasteiger partial charge on any atom is -0.164 e. The van der Waals surface area contributed by atoms with Gasteiger partial charge in [0, 0.05) is 0 Å². The average molecular weight is 601 g/mol. The molecule has 0 spiro atoms. The van der Waals surface area contributed by atoms with Gasteiger partial charge in [0.25, 0.3) is 6.71 Å². The van der Waals surface area contributed by atoms with Gasteiger partial charge in [-0.2, -0.15) is 11.3 Å². The smallest absolute Gasteiger partial charge is 0.164 e. The van der Waals surface area contributed by atoms with Crippen LogP contribution in [0.3, 0.4) is 0 Å². The zero-order valence-corrected chi connectivity index (χ0v) is 30.6. The van der Waals surface area contributed by atoms with Crippen molar-refractivity contribution in [1.29, 1.82) is 0 Å². The highest BCUT2D eigenvalue weighted by Crippen LogP contribution is 2.22. The largest absolute Gasteiger partial charge is 0.254 e. The maximum absolute atomic E-state index is 4.00. The Hall–Kier alpha value is -3.03. The summed E-state index contributed by atoms with van der Waals surface area (Å²) in [7, 11) is 0. The summed E-state index contributed by atoms with van der Waals surface area (Å²) in [6.45, 7) is 33.9. The van der Waals surface area contributed by atoms with E-state index in [2.05, 4.69) is 151 Å². The van der Waals surface area contributed by atoms with Gasteiger partial charge in [0.15, 0.2) is 0 Å². The van der Waals surface area contributed by atoms with Gasteiger partial charge >= 0.3 is 0 Å². The molecule has 0 radical (unpaired) electrons. The average Bonchev–Trinajstić information content (AvgIpc) is 3.38. The minimum absolute atomic E-state index is 0.205. The second kappa shape index (κ2) is 15.3. The lowest BCUT2D eigenvalue weighted by atomic mass is 9.36. The van der Waals surface area contributed by atoms with Crippen LogP contribution in [-0.4, -0.2) is 13.4 Å². The Balaban J connectivity index is 2.27. The predicted octanol–water partition coefficient (Wildman–Crippen LogP) is 9.37. The Morgan fingerprint density at radius 1 is 0.727 bits per heavy atom. The highest BCUT2D eigenvalue weighted by atomic mass is 32.1. The third kappa shape index (κ3) is 8.79. The van der Waals surface area contributed by atoms with Crippen LogP contribution in [0.25, 0.3) is 0 Å². The van der Waals surface area contributed by atoms with Crippen LogP contribution < -0.4 is 20.5 Å². The highest BCUT2D eigenvalue weighted by molar-refractivity contribution is 7.34. The van der Waals surface area contributed by atoms with Crippen LogP contribution in [0, 0.1) is 47.5 Å². The number of rotatable bonds is 11. The molecule has 0 unspecified atom stereocenters. The molecule has 3 heteroatoms. The Labute approximate surface area is 275 Å². The van der Waals surface area contributed by atoms with Crippen LogP contribution >= 0.6 is 11.3 Å². The molecule has 0 aliphatic heterocycles. The van der Waals surface area contributed by atoms with Crippen LogP contribution in [0.15, 0.2) is 95.0 Å².